The van der Waals surface area contributed by atoms with Gasteiger partial charge in [-0.1, -0.05) is 48.1 Å². The van der Waals surface area contributed by atoms with E-state index in [1.54, 1.807) is 24.3 Å². The van der Waals surface area contributed by atoms with Gasteiger partial charge in [0.05, 0.1) is 0 Å². The van der Waals surface area contributed by atoms with Gasteiger partial charge in [-0.05, 0) is 36.8 Å². The Hall–Kier alpha value is -1.29. The topological polar surface area (TPSA) is 42.0 Å². The highest BCUT2D eigenvalue weighted by Gasteiger charge is 2.10. The van der Waals surface area contributed by atoms with E-state index in [0.717, 1.165) is 18.5 Å². The Balaban J connectivity index is 2.23. The lowest BCUT2D eigenvalue weighted by Crippen LogP contribution is -2.13. The van der Waals surface area contributed by atoms with Gasteiger partial charge in [0.1, 0.15) is 5.15 Å². The number of carbonyl (C=O) groups is 1. The maximum absolute atomic E-state index is 12.3. The first kappa shape index (κ1) is 16.1. The van der Waals surface area contributed by atoms with Gasteiger partial charge in [-0.3, -0.25) is 4.79 Å². The molecule has 0 spiro atoms. The molecule has 21 heavy (non-hydrogen) atoms. The van der Waals surface area contributed by atoms with Gasteiger partial charge in [-0.2, -0.15) is 0 Å². The van der Waals surface area contributed by atoms with Gasteiger partial charge < -0.3 is 5.32 Å². The zero-order valence-corrected chi connectivity index (χ0v) is 13.6. The summed E-state index contributed by atoms with van der Waals surface area (Å²) in [5.74, 6) is -0.282. The molecule has 0 radical (unpaired) electrons. The highest BCUT2D eigenvalue weighted by atomic mass is 35.5. The van der Waals surface area contributed by atoms with Gasteiger partial charge >= 0.3 is 0 Å². The molecule has 2 aromatic rings. The Morgan fingerprint density at radius 3 is 2.38 bits per heavy atom. The van der Waals surface area contributed by atoms with Crippen LogP contribution in [0.25, 0.3) is 0 Å². The van der Waals surface area contributed by atoms with Gasteiger partial charge in [0.15, 0.2) is 0 Å². The van der Waals surface area contributed by atoms with Crippen LogP contribution < -0.4 is 5.32 Å². The molecule has 0 atom stereocenters. The lowest BCUT2D eigenvalue weighted by Gasteiger charge is -2.08. The van der Waals surface area contributed by atoms with E-state index in [2.05, 4.69) is 10.3 Å². The number of aryl methyl sites for hydroxylation is 1. The summed E-state index contributed by atoms with van der Waals surface area (Å²) in [7, 11) is 0. The standard InChI is InChI=1S/C15H13Cl3N2O/c1-2-3-12-4-9(5-14(18)19-12)15(21)20-13-7-10(16)6-11(17)8-13/h4-8H,2-3H2,1H3,(H,20,21). The number of pyridine rings is 1. The predicted octanol–water partition coefficient (Wildman–Crippen LogP) is 5.25. The van der Waals surface area contributed by atoms with Gasteiger partial charge in [0.2, 0.25) is 0 Å². The summed E-state index contributed by atoms with van der Waals surface area (Å²) < 4.78 is 0. The molecule has 3 nitrogen and oxygen atoms in total. The number of anilines is 1. The van der Waals surface area contributed by atoms with Crippen LogP contribution in [0.15, 0.2) is 30.3 Å². The average Bonchev–Trinajstić information content (AvgIpc) is 2.37. The Labute approximate surface area is 138 Å². The fraction of sp³-hybridized carbons (Fsp3) is 0.200. The Kier molecular flexibility index (Phi) is 5.45. The normalized spacial score (nSPS) is 10.5. The first-order valence-corrected chi connectivity index (χ1v) is 7.55. The minimum atomic E-state index is -0.282. The van der Waals surface area contributed by atoms with Crippen LogP contribution in [0.4, 0.5) is 5.69 Å². The Morgan fingerprint density at radius 2 is 1.76 bits per heavy atom. The molecule has 0 fully saturated rings. The summed E-state index contributed by atoms with van der Waals surface area (Å²) in [4.78, 5) is 16.4. The average molecular weight is 344 g/mol. The largest absolute Gasteiger partial charge is 0.322 e. The molecule has 0 saturated carbocycles. The number of nitrogens with one attached hydrogen (secondary N) is 1. The summed E-state index contributed by atoms with van der Waals surface area (Å²) in [6.07, 6.45) is 1.70. The summed E-state index contributed by atoms with van der Waals surface area (Å²) >= 11 is 17.8. The van der Waals surface area contributed by atoms with Crippen molar-refractivity contribution in [3.05, 3.63) is 56.8 Å². The van der Waals surface area contributed by atoms with Crippen molar-refractivity contribution in [2.75, 3.05) is 5.32 Å². The number of halogens is 3. The van der Waals surface area contributed by atoms with Crippen LogP contribution >= 0.6 is 34.8 Å². The number of rotatable bonds is 4. The number of hydrogen-bond acceptors (Lipinski definition) is 2. The summed E-state index contributed by atoms with van der Waals surface area (Å²) in [6, 6.07) is 8.11. The third-order valence-corrected chi connectivity index (χ3v) is 3.37. The van der Waals surface area contributed by atoms with Crippen LogP contribution in [0.1, 0.15) is 29.4 Å². The molecule has 1 N–H and O–H groups in total. The number of nitrogens with zero attached hydrogens (tertiary/aromatic N) is 1. The van der Waals surface area contributed by atoms with E-state index < -0.39 is 0 Å². The fourth-order valence-electron chi connectivity index (χ4n) is 1.90. The Bertz CT molecular complexity index is 654. The maximum atomic E-state index is 12.3. The molecule has 0 aliphatic rings. The number of amides is 1. The first-order valence-electron chi connectivity index (χ1n) is 6.42. The highest BCUT2D eigenvalue weighted by Crippen LogP contribution is 2.23. The molecule has 110 valence electrons. The van der Waals surface area contributed by atoms with E-state index >= 15 is 0 Å². The molecule has 2 rings (SSSR count). The zero-order valence-electron chi connectivity index (χ0n) is 11.3. The van der Waals surface area contributed by atoms with Gasteiger partial charge in [-0.15, -0.1) is 0 Å². The molecule has 6 heteroatoms. The third-order valence-electron chi connectivity index (χ3n) is 2.74. The van der Waals surface area contributed by atoms with Crippen LogP contribution in [0.2, 0.25) is 15.2 Å². The predicted molar refractivity (Wildman–Crippen MR) is 87.7 cm³/mol. The summed E-state index contributed by atoms with van der Waals surface area (Å²) in [5, 5.41) is 3.95. The fourth-order valence-corrected chi connectivity index (χ4v) is 2.65. The van der Waals surface area contributed by atoms with Crippen molar-refractivity contribution < 1.29 is 4.79 Å². The van der Waals surface area contributed by atoms with E-state index in [-0.39, 0.29) is 5.91 Å². The van der Waals surface area contributed by atoms with Crippen molar-refractivity contribution in [1.29, 1.82) is 0 Å². The second-order valence-corrected chi connectivity index (χ2v) is 5.79. The number of aromatic nitrogens is 1. The zero-order chi connectivity index (χ0) is 15.4. The lowest BCUT2D eigenvalue weighted by molar-refractivity contribution is 0.102. The minimum Gasteiger partial charge on any atom is -0.322 e. The van der Waals surface area contributed by atoms with Crippen molar-refractivity contribution >= 4 is 46.4 Å². The molecule has 1 aromatic heterocycles. The van der Waals surface area contributed by atoms with E-state index in [9.17, 15) is 4.79 Å². The smallest absolute Gasteiger partial charge is 0.255 e. The van der Waals surface area contributed by atoms with E-state index in [0.29, 0.717) is 26.4 Å². The summed E-state index contributed by atoms with van der Waals surface area (Å²) in [6.45, 7) is 2.04. The first-order chi connectivity index (χ1) is 9.97. The van der Waals surface area contributed by atoms with E-state index in [1.165, 1.54) is 6.07 Å². The molecule has 0 aliphatic heterocycles. The van der Waals surface area contributed by atoms with Crippen LogP contribution in [0.3, 0.4) is 0 Å². The molecule has 0 bridgehead atoms. The van der Waals surface area contributed by atoms with Crippen molar-refractivity contribution in [3.8, 4) is 0 Å². The van der Waals surface area contributed by atoms with Gasteiger partial charge in [0, 0.05) is 27.0 Å². The van der Waals surface area contributed by atoms with Gasteiger partial charge in [-0.25, -0.2) is 4.98 Å². The van der Waals surface area contributed by atoms with Crippen molar-refractivity contribution in [1.82, 2.24) is 4.98 Å². The number of benzene rings is 1. The minimum absolute atomic E-state index is 0.282. The van der Waals surface area contributed by atoms with Crippen LogP contribution in [0, 0.1) is 0 Å². The SMILES string of the molecule is CCCc1cc(C(=O)Nc2cc(Cl)cc(Cl)c2)cc(Cl)n1. The quantitative estimate of drug-likeness (QED) is 0.771. The molecule has 1 aromatic carbocycles. The monoisotopic (exact) mass is 342 g/mol. The number of carbonyl (C=O) groups excluding carboxylic acids is 1. The maximum Gasteiger partial charge on any atom is 0.255 e. The molecule has 1 amide bonds. The van der Waals surface area contributed by atoms with Crippen LogP contribution in [-0.4, -0.2) is 10.9 Å². The van der Waals surface area contributed by atoms with Crippen molar-refractivity contribution in [2.24, 2.45) is 0 Å². The lowest BCUT2D eigenvalue weighted by atomic mass is 10.1. The molecular formula is C15H13Cl3N2O. The van der Waals surface area contributed by atoms with Crippen LogP contribution in [0.5, 0.6) is 0 Å². The van der Waals surface area contributed by atoms with Crippen molar-refractivity contribution in [3.63, 3.8) is 0 Å². The molecular weight excluding hydrogens is 331 g/mol. The van der Waals surface area contributed by atoms with Gasteiger partial charge in [0.25, 0.3) is 5.91 Å². The second kappa shape index (κ2) is 7.12. The second-order valence-electron chi connectivity index (χ2n) is 4.53. The van der Waals surface area contributed by atoms with Crippen LogP contribution in [-0.2, 0) is 6.42 Å². The van der Waals surface area contributed by atoms with Crippen molar-refractivity contribution in [2.45, 2.75) is 19.8 Å². The third kappa shape index (κ3) is 4.60. The molecule has 0 saturated heterocycles. The molecule has 0 unspecified atom stereocenters. The Morgan fingerprint density at radius 1 is 1.10 bits per heavy atom. The summed E-state index contributed by atoms with van der Waals surface area (Å²) in [5.41, 5.74) is 1.77. The van der Waals surface area contributed by atoms with E-state index in [4.69, 9.17) is 34.8 Å². The number of hydrogen-bond donors (Lipinski definition) is 1. The molecule has 1 heterocycles. The molecule has 0 aliphatic carbocycles. The highest BCUT2D eigenvalue weighted by molar-refractivity contribution is 6.35. The van der Waals surface area contributed by atoms with E-state index in [1.807, 2.05) is 6.92 Å².